The van der Waals surface area contributed by atoms with Crippen LogP contribution in [0.5, 0.6) is 5.75 Å². The first-order chi connectivity index (χ1) is 15.1. The van der Waals surface area contributed by atoms with Gasteiger partial charge >= 0.3 is 0 Å². The van der Waals surface area contributed by atoms with Crippen molar-refractivity contribution >= 4 is 22.4 Å². The van der Waals surface area contributed by atoms with Crippen LogP contribution in [0, 0.1) is 0 Å². The van der Waals surface area contributed by atoms with Gasteiger partial charge in [-0.05, 0) is 72.4 Å². The molecule has 2 aromatic carbocycles. The van der Waals surface area contributed by atoms with Crippen LogP contribution in [0.1, 0.15) is 41.7 Å². The second-order valence-corrected chi connectivity index (χ2v) is 8.04. The molecule has 6 heteroatoms. The Morgan fingerprint density at radius 3 is 2.61 bits per heavy atom. The van der Waals surface area contributed by atoms with Gasteiger partial charge in [-0.2, -0.15) is 0 Å². The molecule has 5 rings (SSSR count). The maximum Gasteiger partial charge on any atom is 0.182 e. The van der Waals surface area contributed by atoms with Crippen molar-refractivity contribution in [2.24, 2.45) is 0 Å². The number of nitrogens with zero attached hydrogens (tertiary/aromatic N) is 2. The van der Waals surface area contributed by atoms with Gasteiger partial charge in [0.05, 0.1) is 12.7 Å². The van der Waals surface area contributed by atoms with Crippen molar-refractivity contribution in [3.8, 4) is 5.75 Å². The van der Waals surface area contributed by atoms with Crippen LogP contribution in [-0.2, 0) is 6.54 Å². The summed E-state index contributed by atoms with van der Waals surface area (Å²) < 4.78 is 7.43. The zero-order valence-electron chi connectivity index (χ0n) is 17.3. The molecule has 0 spiro atoms. The van der Waals surface area contributed by atoms with E-state index in [1.807, 2.05) is 36.5 Å². The highest BCUT2D eigenvalue weighted by Crippen LogP contribution is 2.41. The Hall–Kier alpha value is -3.35. The molecular weight excluding hydrogens is 390 g/mol. The van der Waals surface area contributed by atoms with Gasteiger partial charge in [0, 0.05) is 35.5 Å². The van der Waals surface area contributed by atoms with Crippen LogP contribution in [0.2, 0.25) is 0 Å². The number of rotatable bonds is 7. The first kappa shape index (κ1) is 19.6. The molecule has 3 N–H and O–H groups in total. The molecule has 0 atom stereocenters. The SMILES string of the molecule is COc1ccc(Cn2ccc3cc(Nc4ncc(C5CC5)cc4C(O)O)ccc32)cc1. The van der Waals surface area contributed by atoms with Crippen molar-refractivity contribution in [3.05, 3.63) is 83.7 Å². The molecule has 0 bridgehead atoms. The molecule has 0 unspecified atom stereocenters. The van der Waals surface area contributed by atoms with E-state index in [0.29, 0.717) is 17.3 Å². The summed E-state index contributed by atoms with van der Waals surface area (Å²) in [7, 11) is 1.67. The van der Waals surface area contributed by atoms with E-state index in [-0.39, 0.29) is 0 Å². The lowest BCUT2D eigenvalue weighted by atomic mass is 10.1. The third kappa shape index (κ3) is 4.13. The number of nitrogens with one attached hydrogen (secondary N) is 1. The van der Waals surface area contributed by atoms with Gasteiger partial charge in [-0.25, -0.2) is 4.98 Å². The van der Waals surface area contributed by atoms with Gasteiger partial charge in [0.2, 0.25) is 0 Å². The van der Waals surface area contributed by atoms with Gasteiger partial charge < -0.3 is 24.8 Å². The number of hydrogen-bond donors (Lipinski definition) is 3. The van der Waals surface area contributed by atoms with Crippen LogP contribution < -0.4 is 10.1 Å². The largest absolute Gasteiger partial charge is 0.497 e. The molecular formula is C25H25N3O3. The quantitative estimate of drug-likeness (QED) is 0.381. The van der Waals surface area contributed by atoms with Crippen LogP contribution >= 0.6 is 0 Å². The Morgan fingerprint density at radius 1 is 1.10 bits per heavy atom. The fourth-order valence-electron chi connectivity index (χ4n) is 3.92. The fourth-order valence-corrected chi connectivity index (χ4v) is 3.92. The Labute approximate surface area is 180 Å². The number of aromatic nitrogens is 2. The number of fused-ring (bicyclic) bond motifs is 1. The summed E-state index contributed by atoms with van der Waals surface area (Å²) >= 11 is 0. The van der Waals surface area contributed by atoms with Gasteiger partial charge in [-0.3, -0.25) is 0 Å². The standard InChI is InChI=1S/C25H25N3O3/c1-31-21-7-2-16(3-8-21)15-28-11-10-18-12-20(6-9-23(18)28)27-24-22(25(29)30)13-19(14-26-24)17-4-5-17/h2-3,6-14,17,25,29-30H,4-5,15H2,1H3,(H,26,27). The topological polar surface area (TPSA) is 79.5 Å². The minimum atomic E-state index is -1.57. The van der Waals surface area contributed by atoms with Crippen LogP contribution in [-0.4, -0.2) is 26.9 Å². The molecule has 4 aromatic rings. The summed E-state index contributed by atoms with van der Waals surface area (Å²) in [6, 6.07) is 18.1. The summed E-state index contributed by atoms with van der Waals surface area (Å²) in [5.41, 5.74) is 4.65. The number of ether oxygens (including phenoxy) is 1. The Kier molecular flexibility index (Phi) is 5.10. The third-order valence-electron chi connectivity index (χ3n) is 5.81. The Balaban J connectivity index is 1.38. The summed E-state index contributed by atoms with van der Waals surface area (Å²) in [6.07, 6.45) is 4.61. The lowest BCUT2D eigenvalue weighted by Crippen LogP contribution is -2.05. The number of aliphatic hydroxyl groups is 2. The van der Waals surface area contributed by atoms with E-state index in [2.05, 4.69) is 45.3 Å². The number of hydrogen-bond acceptors (Lipinski definition) is 5. The average molecular weight is 415 g/mol. The van der Waals surface area contributed by atoms with Gasteiger partial charge in [0.1, 0.15) is 11.6 Å². The highest BCUT2D eigenvalue weighted by atomic mass is 16.5. The summed E-state index contributed by atoms with van der Waals surface area (Å²) in [6.45, 7) is 0.769. The predicted octanol–water partition coefficient (Wildman–Crippen LogP) is 4.70. The molecule has 2 aromatic heterocycles. The zero-order chi connectivity index (χ0) is 21.4. The van der Waals surface area contributed by atoms with Crippen molar-refractivity contribution in [2.75, 3.05) is 12.4 Å². The first-order valence-corrected chi connectivity index (χ1v) is 10.5. The fraction of sp³-hybridized carbons (Fsp3) is 0.240. The van der Waals surface area contributed by atoms with Crippen molar-refractivity contribution in [3.63, 3.8) is 0 Å². The normalized spacial score (nSPS) is 13.7. The molecule has 0 radical (unpaired) electrons. The number of pyridine rings is 1. The van der Waals surface area contributed by atoms with E-state index in [1.54, 1.807) is 7.11 Å². The third-order valence-corrected chi connectivity index (χ3v) is 5.81. The summed E-state index contributed by atoms with van der Waals surface area (Å²) in [4.78, 5) is 4.47. The lowest BCUT2D eigenvalue weighted by Gasteiger charge is -2.14. The number of benzene rings is 2. The van der Waals surface area contributed by atoms with Gasteiger partial charge in [0.25, 0.3) is 0 Å². The first-order valence-electron chi connectivity index (χ1n) is 10.5. The van der Waals surface area contributed by atoms with Crippen molar-refractivity contribution < 1.29 is 14.9 Å². The van der Waals surface area contributed by atoms with Crippen LogP contribution in [0.15, 0.2) is 67.0 Å². The zero-order valence-corrected chi connectivity index (χ0v) is 17.3. The monoisotopic (exact) mass is 415 g/mol. The lowest BCUT2D eigenvalue weighted by molar-refractivity contribution is -0.0421. The molecule has 0 saturated heterocycles. The minimum absolute atomic E-state index is 0.404. The van der Waals surface area contributed by atoms with Gasteiger partial charge in [0.15, 0.2) is 6.29 Å². The smallest absolute Gasteiger partial charge is 0.182 e. The summed E-state index contributed by atoms with van der Waals surface area (Å²) in [5, 5.41) is 24.0. The Bertz CT molecular complexity index is 1210. The number of anilines is 2. The molecule has 1 fully saturated rings. The molecule has 158 valence electrons. The van der Waals surface area contributed by atoms with Crippen molar-refractivity contribution in [1.82, 2.24) is 9.55 Å². The highest BCUT2D eigenvalue weighted by molar-refractivity contribution is 5.84. The highest BCUT2D eigenvalue weighted by Gasteiger charge is 2.25. The van der Waals surface area contributed by atoms with Crippen molar-refractivity contribution in [2.45, 2.75) is 31.6 Å². The molecule has 31 heavy (non-hydrogen) atoms. The summed E-state index contributed by atoms with van der Waals surface area (Å²) in [5.74, 6) is 1.82. The van der Waals surface area contributed by atoms with Gasteiger partial charge in [-0.15, -0.1) is 0 Å². The van der Waals surface area contributed by atoms with E-state index in [9.17, 15) is 10.2 Å². The van der Waals surface area contributed by atoms with Crippen LogP contribution in [0.25, 0.3) is 10.9 Å². The molecule has 0 aliphatic heterocycles. The second kappa shape index (κ2) is 8.06. The molecule has 6 nitrogen and oxygen atoms in total. The molecule has 1 aliphatic carbocycles. The maximum absolute atomic E-state index is 9.82. The second-order valence-electron chi connectivity index (χ2n) is 8.04. The van der Waals surface area contributed by atoms with E-state index < -0.39 is 6.29 Å². The van der Waals surface area contributed by atoms with E-state index >= 15 is 0 Å². The molecule has 1 saturated carbocycles. The van der Waals surface area contributed by atoms with Crippen LogP contribution in [0.4, 0.5) is 11.5 Å². The van der Waals surface area contributed by atoms with Gasteiger partial charge in [-0.1, -0.05) is 12.1 Å². The van der Waals surface area contributed by atoms with Crippen molar-refractivity contribution in [1.29, 1.82) is 0 Å². The molecule has 1 aliphatic rings. The van der Waals surface area contributed by atoms with Crippen LogP contribution in [0.3, 0.4) is 0 Å². The molecule has 0 amide bonds. The Morgan fingerprint density at radius 2 is 1.90 bits per heavy atom. The molecule has 2 heterocycles. The van der Waals surface area contributed by atoms with E-state index in [1.165, 1.54) is 5.56 Å². The van der Waals surface area contributed by atoms with E-state index in [0.717, 1.165) is 47.3 Å². The maximum atomic E-state index is 9.82. The predicted molar refractivity (Wildman–Crippen MR) is 121 cm³/mol. The average Bonchev–Trinajstić information content (AvgIpc) is 3.56. The number of methoxy groups -OCH3 is 1. The minimum Gasteiger partial charge on any atom is -0.497 e. The number of aliphatic hydroxyl groups excluding tert-OH is 1. The van der Waals surface area contributed by atoms with E-state index in [4.69, 9.17) is 4.74 Å².